The molecule has 0 aliphatic heterocycles. The van der Waals surface area contributed by atoms with Crippen LogP contribution in [0.3, 0.4) is 0 Å². The zero-order chi connectivity index (χ0) is 11.8. The summed E-state index contributed by atoms with van der Waals surface area (Å²) >= 11 is 0. The van der Waals surface area contributed by atoms with Crippen molar-refractivity contribution >= 4 is 0 Å². The molecule has 0 radical (unpaired) electrons. The van der Waals surface area contributed by atoms with Gasteiger partial charge in [0.2, 0.25) is 0 Å². The Morgan fingerprint density at radius 3 is 2.88 bits per heavy atom. The van der Waals surface area contributed by atoms with Crippen molar-refractivity contribution in [1.82, 2.24) is 9.55 Å². The summed E-state index contributed by atoms with van der Waals surface area (Å²) in [7, 11) is 0. The lowest BCUT2D eigenvalue weighted by Gasteiger charge is -2.10. The van der Waals surface area contributed by atoms with Crippen molar-refractivity contribution in [2.75, 3.05) is 13.2 Å². The van der Waals surface area contributed by atoms with Crippen LogP contribution < -0.4 is 5.73 Å². The molecule has 4 heteroatoms. The van der Waals surface area contributed by atoms with Crippen molar-refractivity contribution in [1.29, 1.82) is 0 Å². The molecule has 2 N–H and O–H groups in total. The minimum absolute atomic E-state index is 0.0449. The van der Waals surface area contributed by atoms with Gasteiger partial charge in [0, 0.05) is 32.0 Å². The minimum atomic E-state index is 0.0449. The summed E-state index contributed by atoms with van der Waals surface area (Å²) in [6.45, 7) is 6.77. The van der Waals surface area contributed by atoms with Gasteiger partial charge in [0.25, 0.3) is 0 Å². The van der Waals surface area contributed by atoms with E-state index in [9.17, 15) is 0 Å². The van der Waals surface area contributed by atoms with Crippen LogP contribution in [0.5, 0.6) is 0 Å². The molecule has 0 saturated carbocycles. The Labute approximate surface area is 97.8 Å². The number of hydrogen-bond donors (Lipinski definition) is 1. The fraction of sp³-hybridized carbons (Fsp3) is 0.750. The first kappa shape index (κ1) is 13.2. The monoisotopic (exact) mass is 225 g/mol. The van der Waals surface area contributed by atoms with Gasteiger partial charge in [-0.1, -0.05) is 13.3 Å². The van der Waals surface area contributed by atoms with Gasteiger partial charge in [-0.05, 0) is 19.8 Å². The van der Waals surface area contributed by atoms with Gasteiger partial charge in [-0.15, -0.1) is 0 Å². The number of hydrogen-bond acceptors (Lipinski definition) is 3. The zero-order valence-corrected chi connectivity index (χ0v) is 10.4. The van der Waals surface area contributed by atoms with Gasteiger partial charge in [-0.25, -0.2) is 4.98 Å². The number of aromatic nitrogens is 2. The predicted molar refractivity (Wildman–Crippen MR) is 65.2 cm³/mol. The Balaban J connectivity index is 2.19. The number of ether oxygens (including phenoxy) is 1. The minimum Gasteiger partial charge on any atom is -0.381 e. The molecule has 92 valence electrons. The molecule has 1 atom stereocenters. The van der Waals surface area contributed by atoms with Gasteiger partial charge in [-0.2, -0.15) is 0 Å². The summed E-state index contributed by atoms with van der Waals surface area (Å²) in [6.07, 6.45) is 7.03. The topological polar surface area (TPSA) is 53.1 Å². The van der Waals surface area contributed by atoms with Crippen molar-refractivity contribution in [2.45, 2.75) is 45.7 Å². The molecule has 16 heavy (non-hydrogen) atoms. The molecule has 0 aliphatic rings. The quantitative estimate of drug-likeness (QED) is 0.689. The van der Waals surface area contributed by atoms with Gasteiger partial charge >= 0.3 is 0 Å². The fourth-order valence-electron chi connectivity index (χ4n) is 1.58. The van der Waals surface area contributed by atoms with E-state index in [-0.39, 0.29) is 6.04 Å². The largest absolute Gasteiger partial charge is 0.381 e. The lowest BCUT2D eigenvalue weighted by Crippen LogP contribution is -2.12. The molecule has 1 heterocycles. The fourth-order valence-corrected chi connectivity index (χ4v) is 1.58. The van der Waals surface area contributed by atoms with E-state index in [1.54, 1.807) is 0 Å². The van der Waals surface area contributed by atoms with Crippen LogP contribution in [0.4, 0.5) is 0 Å². The normalized spacial score (nSPS) is 12.9. The van der Waals surface area contributed by atoms with E-state index in [1.807, 2.05) is 19.4 Å². The van der Waals surface area contributed by atoms with E-state index in [4.69, 9.17) is 10.5 Å². The van der Waals surface area contributed by atoms with Crippen LogP contribution in [0.1, 0.15) is 44.8 Å². The molecule has 0 aliphatic carbocycles. The Hall–Kier alpha value is -0.870. The van der Waals surface area contributed by atoms with Crippen LogP contribution >= 0.6 is 0 Å². The SMILES string of the molecule is CCCCOCCCn1cncc1[C@@H](C)N. The summed E-state index contributed by atoms with van der Waals surface area (Å²) < 4.78 is 7.61. The van der Waals surface area contributed by atoms with E-state index in [2.05, 4.69) is 16.5 Å². The molecule has 0 amide bonds. The maximum atomic E-state index is 5.84. The Bertz CT molecular complexity index is 284. The predicted octanol–water partition coefficient (Wildman–Crippen LogP) is 2.11. The molecule has 0 fully saturated rings. The number of aryl methyl sites for hydroxylation is 1. The number of nitrogens with zero attached hydrogens (tertiary/aromatic N) is 2. The maximum Gasteiger partial charge on any atom is 0.0948 e. The van der Waals surface area contributed by atoms with E-state index in [0.29, 0.717) is 0 Å². The second-order valence-corrected chi connectivity index (χ2v) is 4.12. The van der Waals surface area contributed by atoms with Crippen LogP contribution in [-0.4, -0.2) is 22.8 Å². The average Bonchev–Trinajstić information content (AvgIpc) is 2.71. The Kier molecular flexibility index (Phi) is 6.11. The number of imidazole rings is 1. The van der Waals surface area contributed by atoms with Gasteiger partial charge in [0.1, 0.15) is 0 Å². The molecular weight excluding hydrogens is 202 g/mol. The summed E-state index contributed by atoms with van der Waals surface area (Å²) in [6, 6.07) is 0.0449. The van der Waals surface area contributed by atoms with Crippen molar-refractivity contribution in [3.8, 4) is 0 Å². The third-order valence-electron chi connectivity index (χ3n) is 2.54. The average molecular weight is 225 g/mol. The highest BCUT2D eigenvalue weighted by Crippen LogP contribution is 2.09. The van der Waals surface area contributed by atoms with E-state index in [0.717, 1.165) is 38.3 Å². The zero-order valence-electron chi connectivity index (χ0n) is 10.4. The van der Waals surface area contributed by atoms with Gasteiger partial charge in [-0.3, -0.25) is 0 Å². The third-order valence-corrected chi connectivity index (χ3v) is 2.54. The number of rotatable bonds is 8. The highest BCUT2D eigenvalue weighted by molar-refractivity contribution is 5.02. The summed E-state index contributed by atoms with van der Waals surface area (Å²) in [5.41, 5.74) is 6.93. The second-order valence-electron chi connectivity index (χ2n) is 4.12. The van der Waals surface area contributed by atoms with E-state index < -0.39 is 0 Å². The summed E-state index contributed by atoms with van der Waals surface area (Å²) in [5.74, 6) is 0. The van der Waals surface area contributed by atoms with Crippen LogP contribution in [-0.2, 0) is 11.3 Å². The molecule has 1 aromatic rings. The second kappa shape index (κ2) is 7.41. The molecule has 0 saturated heterocycles. The highest BCUT2D eigenvalue weighted by Gasteiger charge is 2.05. The molecule has 0 unspecified atom stereocenters. The van der Waals surface area contributed by atoms with Crippen LogP contribution in [0.2, 0.25) is 0 Å². The van der Waals surface area contributed by atoms with E-state index in [1.165, 1.54) is 6.42 Å². The smallest absolute Gasteiger partial charge is 0.0948 e. The molecular formula is C12H23N3O. The lowest BCUT2D eigenvalue weighted by molar-refractivity contribution is 0.126. The molecule has 1 rings (SSSR count). The lowest BCUT2D eigenvalue weighted by atomic mass is 10.2. The van der Waals surface area contributed by atoms with Crippen LogP contribution in [0.15, 0.2) is 12.5 Å². The van der Waals surface area contributed by atoms with Gasteiger partial charge < -0.3 is 15.0 Å². The van der Waals surface area contributed by atoms with E-state index >= 15 is 0 Å². The van der Waals surface area contributed by atoms with Crippen molar-refractivity contribution in [3.05, 3.63) is 18.2 Å². The first-order chi connectivity index (χ1) is 7.75. The van der Waals surface area contributed by atoms with Crippen LogP contribution in [0.25, 0.3) is 0 Å². The third kappa shape index (κ3) is 4.33. The Morgan fingerprint density at radius 1 is 1.44 bits per heavy atom. The molecule has 0 bridgehead atoms. The summed E-state index contributed by atoms with van der Waals surface area (Å²) in [4.78, 5) is 4.11. The number of nitrogens with two attached hydrogens (primary N) is 1. The van der Waals surface area contributed by atoms with Gasteiger partial charge in [0.05, 0.1) is 12.0 Å². The van der Waals surface area contributed by atoms with Crippen molar-refractivity contribution in [3.63, 3.8) is 0 Å². The summed E-state index contributed by atoms with van der Waals surface area (Å²) in [5, 5.41) is 0. The van der Waals surface area contributed by atoms with Gasteiger partial charge in [0.15, 0.2) is 0 Å². The van der Waals surface area contributed by atoms with Crippen molar-refractivity contribution < 1.29 is 4.74 Å². The maximum absolute atomic E-state index is 5.84. The highest BCUT2D eigenvalue weighted by atomic mass is 16.5. The first-order valence-electron chi connectivity index (χ1n) is 6.09. The molecule has 0 spiro atoms. The molecule has 4 nitrogen and oxygen atoms in total. The molecule has 1 aromatic heterocycles. The van der Waals surface area contributed by atoms with Crippen LogP contribution in [0, 0.1) is 0 Å². The van der Waals surface area contributed by atoms with Crippen molar-refractivity contribution in [2.24, 2.45) is 5.73 Å². The Morgan fingerprint density at radius 2 is 2.19 bits per heavy atom. The number of unbranched alkanes of at least 4 members (excludes halogenated alkanes) is 1. The molecule has 0 aromatic carbocycles. The first-order valence-corrected chi connectivity index (χ1v) is 6.09. The standard InChI is InChI=1S/C12H23N3O/c1-3-4-7-16-8-5-6-15-10-14-9-12(15)11(2)13/h9-11H,3-8,13H2,1-2H3/t11-/m1/s1.